The molecule has 1 N–H and O–H groups in total. The Hall–Kier alpha value is -1.79. The molecule has 1 aromatic carbocycles. The molecule has 1 aliphatic rings. The third kappa shape index (κ3) is 5.39. The van der Waals surface area contributed by atoms with Crippen molar-refractivity contribution >= 4 is 6.09 Å². The van der Waals surface area contributed by atoms with Crippen LogP contribution in [0.2, 0.25) is 0 Å². The zero-order chi connectivity index (χ0) is 17.7. The average molecular weight is 336 g/mol. The number of rotatable bonds is 4. The molecule has 1 fully saturated rings. The van der Waals surface area contributed by atoms with Crippen LogP contribution in [-0.2, 0) is 4.74 Å². The minimum absolute atomic E-state index is 0.266. The van der Waals surface area contributed by atoms with Crippen LogP contribution in [0, 0.1) is 0 Å². The summed E-state index contributed by atoms with van der Waals surface area (Å²) in [6.07, 6.45) is -0.818. The Morgan fingerprint density at radius 3 is 2.25 bits per heavy atom. The van der Waals surface area contributed by atoms with E-state index in [0.717, 1.165) is 24.4 Å². The van der Waals surface area contributed by atoms with Crippen LogP contribution in [0.1, 0.15) is 32.4 Å². The molecule has 1 aliphatic heterocycles. The van der Waals surface area contributed by atoms with E-state index in [4.69, 9.17) is 9.47 Å². The Labute approximate surface area is 144 Å². The number of nitrogens with zero attached hydrogens (tertiary/aromatic N) is 2. The van der Waals surface area contributed by atoms with Crippen molar-refractivity contribution < 1.29 is 19.4 Å². The summed E-state index contributed by atoms with van der Waals surface area (Å²) in [7, 11) is 1.62. The lowest BCUT2D eigenvalue weighted by atomic mass is 10.1. The highest BCUT2D eigenvalue weighted by molar-refractivity contribution is 5.68. The van der Waals surface area contributed by atoms with Crippen molar-refractivity contribution in [3.63, 3.8) is 0 Å². The smallest absolute Gasteiger partial charge is 0.410 e. The molecule has 0 radical (unpaired) electrons. The third-order valence-electron chi connectivity index (χ3n) is 3.96. The van der Waals surface area contributed by atoms with Gasteiger partial charge < -0.3 is 19.5 Å². The van der Waals surface area contributed by atoms with E-state index < -0.39 is 11.7 Å². The monoisotopic (exact) mass is 336 g/mol. The molecule has 1 unspecified atom stereocenters. The SMILES string of the molecule is COc1ccc(C(O)CN2CCN(C(=O)OC(C)(C)C)CC2)cc1. The van der Waals surface area contributed by atoms with Gasteiger partial charge in [-0.1, -0.05) is 12.1 Å². The second-order valence-corrected chi connectivity index (χ2v) is 7.06. The van der Waals surface area contributed by atoms with Crippen molar-refractivity contribution in [3.8, 4) is 5.75 Å². The highest BCUT2D eigenvalue weighted by Crippen LogP contribution is 2.19. The second kappa shape index (κ2) is 7.85. The maximum Gasteiger partial charge on any atom is 0.410 e. The Kier molecular flexibility index (Phi) is 6.07. The molecule has 134 valence electrons. The standard InChI is InChI=1S/C18H28N2O4/c1-18(2,3)24-17(22)20-11-9-19(10-12-20)13-16(21)14-5-7-15(23-4)8-6-14/h5-8,16,21H,9-13H2,1-4H3. The van der Waals surface area contributed by atoms with Crippen molar-refractivity contribution in [2.24, 2.45) is 0 Å². The first-order chi connectivity index (χ1) is 11.3. The third-order valence-corrected chi connectivity index (χ3v) is 3.96. The number of methoxy groups -OCH3 is 1. The van der Waals surface area contributed by atoms with Crippen molar-refractivity contribution in [2.75, 3.05) is 39.8 Å². The molecular weight excluding hydrogens is 308 g/mol. The summed E-state index contributed by atoms with van der Waals surface area (Å²) in [4.78, 5) is 15.9. The number of aliphatic hydroxyl groups is 1. The molecule has 1 aromatic rings. The quantitative estimate of drug-likeness (QED) is 0.914. The molecule has 1 atom stereocenters. The summed E-state index contributed by atoms with van der Waals surface area (Å²) in [6.45, 7) is 8.84. The van der Waals surface area contributed by atoms with Crippen LogP contribution in [0.3, 0.4) is 0 Å². The molecule has 0 spiro atoms. The summed E-state index contributed by atoms with van der Waals surface area (Å²) in [6, 6.07) is 7.44. The van der Waals surface area contributed by atoms with Gasteiger partial charge in [0.2, 0.25) is 0 Å². The van der Waals surface area contributed by atoms with E-state index in [1.54, 1.807) is 12.0 Å². The van der Waals surface area contributed by atoms with Gasteiger partial charge in [-0.15, -0.1) is 0 Å². The van der Waals surface area contributed by atoms with Crippen molar-refractivity contribution in [3.05, 3.63) is 29.8 Å². The number of β-amino-alcohol motifs (C(OH)–C–C–N with tert-alkyl or cyclic N) is 1. The van der Waals surface area contributed by atoms with E-state index in [1.807, 2.05) is 45.0 Å². The number of carbonyl (C=O) groups is 1. The lowest BCUT2D eigenvalue weighted by Gasteiger charge is -2.36. The predicted molar refractivity (Wildman–Crippen MR) is 92.2 cm³/mol. The Balaban J connectivity index is 1.80. The number of carbonyl (C=O) groups excluding carboxylic acids is 1. The summed E-state index contributed by atoms with van der Waals surface area (Å²) < 4.78 is 10.5. The number of ether oxygens (including phenoxy) is 2. The second-order valence-electron chi connectivity index (χ2n) is 7.06. The van der Waals surface area contributed by atoms with Crippen LogP contribution in [0.4, 0.5) is 4.79 Å². The zero-order valence-corrected chi connectivity index (χ0v) is 15.0. The topological polar surface area (TPSA) is 62.2 Å². The van der Waals surface area contributed by atoms with Gasteiger partial charge in [0.25, 0.3) is 0 Å². The van der Waals surface area contributed by atoms with E-state index in [2.05, 4.69) is 4.90 Å². The fraction of sp³-hybridized carbons (Fsp3) is 0.611. The van der Waals surface area contributed by atoms with E-state index in [-0.39, 0.29) is 6.09 Å². The fourth-order valence-electron chi connectivity index (χ4n) is 2.62. The zero-order valence-electron chi connectivity index (χ0n) is 15.0. The van der Waals surface area contributed by atoms with Crippen LogP contribution in [-0.4, -0.2) is 66.4 Å². The van der Waals surface area contributed by atoms with Gasteiger partial charge >= 0.3 is 6.09 Å². The maximum absolute atomic E-state index is 12.0. The molecule has 0 aromatic heterocycles. The van der Waals surface area contributed by atoms with Gasteiger partial charge in [-0.2, -0.15) is 0 Å². The highest BCUT2D eigenvalue weighted by atomic mass is 16.6. The van der Waals surface area contributed by atoms with Gasteiger partial charge in [-0.05, 0) is 38.5 Å². The molecule has 1 saturated heterocycles. The summed E-state index contributed by atoms with van der Waals surface area (Å²) in [5.41, 5.74) is 0.393. The lowest BCUT2D eigenvalue weighted by Crippen LogP contribution is -2.50. The molecule has 0 bridgehead atoms. The van der Waals surface area contributed by atoms with Crippen LogP contribution in [0.15, 0.2) is 24.3 Å². The summed E-state index contributed by atoms with van der Waals surface area (Å²) >= 11 is 0. The minimum atomic E-state index is -0.552. The van der Waals surface area contributed by atoms with Gasteiger partial charge in [0.05, 0.1) is 13.2 Å². The van der Waals surface area contributed by atoms with E-state index in [0.29, 0.717) is 19.6 Å². The van der Waals surface area contributed by atoms with E-state index >= 15 is 0 Å². The van der Waals surface area contributed by atoms with Crippen LogP contribution in [0.5, 0.6) is 5.75 Å². The van der Waals surface area contributed by atoms with Gasteiger partial charge in [0.15, 0.2) is 0 Å². The lowest BCUT2D eigenvalue weighted by molar-refractivity contribution is 0.0101. The molecular formula is C18H28N2O4. The first-order valence-electron chi connectivity index (χ1n) is 8.31. The van der Waals surface area contributed by atoms with E-state index in [9.17, 15) is 9.90 Å². The first-order valence-corrected chi connectivity index (χ1v) is 8.31. The molecule has 1 heterocycles. The molecule has 24 heavy (non-hydrogen) atoms. The molecule has 0 saturated carbocycles. The van der Waals surface area contributed by atoms with Crippen LogP contribution < -0.4 is 4.74 Å². The normalized spacial score (nSPS) is 17.5. The number of hydrogen-bond donors (Lipinski definition) is 1. The Morgan fingerprint density at radius 2 is 1.75 bits per heavy atom. The highest BCUT2D eigenvalue weighted by Gasteiger charge is 2.26. The Bertz CT molecular complexity index is 531. The predicted octanol–water partition coefficient (Wildman–Crippen LogP) is 2.28. The van der Waals surface area contributed by atoms with Crippen molar-refractivity contribution in [1.29, 1.82) is 0 Å². The Morgan fingerprint density at radius 1 is 1.17 bits per heavy atom. The van der Waals surface area contributed by atoms with Crippen molar-refractivity contribution in [1.82, 2.24) is 9.80 Å². The van der Waals surface area contributed by atoms with E-state index in [1.165, 1.54) is 0 Å². The first kappa shape index (κ1) is 18.5. The summed E-state index contributed by atoms with van der Waals surface area (Å²) in [5, 5.41) is 10.4. The summed E-state index contributed by atoms with van der Waals surface area (Å²) in [5.74, 6) is 0.775. The number of aliphatic hydroxyl groups excluding tert-OH is 1. The maximum atomic E-state index is 12.0. The molecule has 6 nitrogen and oxygen atoms in total. The van der Waals surface area contributed by atoms with Gasteiger partial charge in [-0.3, -0.25) is 4.90 Å². The number of benzene rings is 1. The van der Waals surface area contributed by atoms with Crippen LogP contribution in [0.25, 0.3) is 0 Å². The van der Waals surface area contributed by atoms with Crippen molar-refractivity contribution in [2.45, 2.75) is 32.5 Å². The largest absolute Gasteiger partial charge is 0.497 e. The number of hydrogen-bond acceptors (Lipinski definition) is 5. The fourth-order valence-corrected chi connectivity index (χ4v) is 2.62. The van der Waals surface area contributed by atoms with Gasteiger partial charge in [0.1, 0.15) is 11.4 Å². The minimum Gasteiger partial charge on any atom is -0.497 e. The molecule has 6 heteroatoms. The van der Waals surface area contributed by atoms with Crippen LogP contribution >= 0.6 is 0 Å². The molecule has 1 amide bonds. The van der Waals surface area contributed by atoms with Gasteiger partial charge in [-0.25, -0.2) is 4.79 Å². The number of amides is 1. The van der Waals surface area contributed by atoms with Gasteiger partial charge in [0, 0.05) is 32.7 Å². The average Bonchev–Trinajstić information content (AvgIpc) is 2.54. The number of piperazine rings is 1. The molecule has 2 rings (SSSR count). The molecule has 0 aliphatic carbocycles.